The van der Waals surface area contributed by atoms with E-state index in [-0.39, 0.29) is 23.4 Å². The molecule has 10 heteroatoms. The number of rotatable bonds is 7. The van der Waals surface area contributed by atoms with Crippen LogP contribution in [-0.4, -0.2) is 34.2 Å². The molecule has 0 radical (unpaired) electrons. The van der Waals surface area contributed by atoms with Gasteiger partial charge in [0.15, 0.2) is 0 Å². The van der Waals surface area contributed by atoms with Crippen LogP contribution in [0.15, 0.2) is 53.4 Å². The highest BCUT2D eigenvalue weighted by Gasteiger charge is 2.31. The number of carbonyl (C=O) groups excluding carboxylic acids is 1. The van der Waals surface area contributed by atoms with Crippen molar-refractivity contribution in [1.82, 2.24) is 0 Å². The molecule has 0 atom stereocenters. The largest absolute Gasteiger partial charge is 0.465 e. The zero-order chi connectivity index (χ0) is 22.8. The number of thiophene rings is 1. The molecule has 2 aromatic carbocycles. The van der Waals surface area contributed by atoms with Gasteiger partial charge in [-0.15, -0.1) is 11.3 Å². The van der Waals surface area contributed by atoms with Gasteiger partial charge in [0.25, 0.3) is 10.0 Å². The van der Waals surface area contributed by atoms with E-state index in [0.29, 0.717) is 10.6 Å². The number of fused-ring (bicyclic) bond motifs is 1. The predicted octanol–water partition coefficient (Wildman–Crippen LogP) is 5.53. The zero-order valence-electron chi connectivity index (χ0n) is 16.8. The van der Waals surface area contributed by atoms with Gasteiger partial charge in [-0.2, -0.15) is 13.2 Å². The highest BCUT2D eigenvalue weighted by atomic mass is 32.2. The van der Waals surface area contributed by atoms with Crippen molar-refractivity contribution in [3.63, 3.8) is 0 Å². The van der Waals surface area contributed by atoms with Crippen molar-refractivity contribution < 1.29 is 31.1 Å². The molecule has 1 aromatic heterocycles. The quantitative estimate of drug-likeness (QED) is 0.425. The third-order valence-corrected chi connectivity index (χ3v) is 7.95. The number of anilines is 1. The first-order chi connectivity index (χ1) is 14.5. The summed E-state index contributed by atoms with van der Waals surface area (Å²) >= 11 is 1.21. The molecule has 0 unspecified atom stereocenters. The zero-order valence-corrected chi connectivity index (χ0v) is 18.4. The number of sulfonamides is 1. The van der Waals surface area contributed by atoms with Crippen molar-refractivity contribution in [2.45, 2.75) is 30.8 Å². The van der Waals surface area contributed by atoms with Gasteiger partial charge in [0.2, 0.25) is 0 Å². The van der Waals surface area contributed by atoms with Gasteiger partial charge < -0.3 is 4.74 Å². The lowest BCUT2D eigenvalue weighted by Gasteiger charge is -2.24. The Labute approximate surface area is 182 Å². The van der Waals surface area contributed by atoms with Crippen molar-refractivity contribution in [2.24, 2.45) is 0 Å². The van der Waals surface area contributed by atoms with Crippen LogP contribution < -0.4 is 4.31 Å². The summed E-state index contributed by atoms with van der Waals surface area (Å²) in [7, 11) is -2.96. The minimum absolute atomic E-state index is 0.121. The molecule has 0 fully saturated rings. The number of hydrogen-bond donors (Lipinski definition) is 0. The molecule has 0 aliphatic rings. The fourth-order valence-corrected chi connectivity index (χ4v) is 6.17. The highest BCUT2D eigenvalue weighted by Crippen LogP contribution is 2.40. The van der Waals surface area contributed by atoms with Crippen molar-refractivity contribution in [3.05, 3.63) is 59.7 Å². The second-order valence-electron chi connectivity index (χ2n) is 6.84. The maximum atomic E-state index is 13.4. The maximum absolute atomic E-state index is 13.4. The van der Waals surface area contributed by atoms with Gasteiger partial charge in [-0.05, 0) is 54.6 Å². The van der Waals surface area contributed by atoms with Crippen molar-refractivity contribution >= 4 is 42.4 Å². The molecule has 3 aromatic rings. The van der Waals surface area contributed by atoms with E-state index in [1.807, 2.05) is 24.3 Å². The van der Waals surface area contributed by atoms with Crippen LogP contribution in [0.5, 0.6) is 0 Å². The number of methoxy groups -OCH3 is 1. The van der Waals surface area contributed by atoms with E-state index in [4.69, 9.17) is 0 Å². The molecule has 0 N–H and O–H groups in total. The van der Waals surface area contributed by atoms with Crippen molar-refractivity contribution in [1.29, 1.82) is 0 Å². The number of hydrogen-bond acceptors (Lipinski definition) is 5. The number of esters is 1. The van der Waals surface area contributed by atoms with Crippen LogP contribution in [-0.2, 0) is 14.8 Å². The van der Waals surface area contributed by atoms with E-state index < -0.39 is 28.6 Å². The lowest BCUT2D eigenvalue weighted by Crippen LogP contribution is -2.32. The number of carbonyl (C=O) groups is 1. The number of ether oxygens (including phenoxy) is 1. The number of benzene rings is 2. The molecular formula is C21H20F3NO4S2. The van der Waals surface area contributed by atoms with Gasteiger partial charge in [0.1, 0.15) is 5.00 Å². The second-order valence-corrected chi connectivity index (χ2v) is 9.73. The molecule has 0 saturated heterocycles. The molecule has 5 nitrogen and oxygen atoms in total. The Morgan fingerprint density at radius 3 is 2.32 bits per heavy atom. The van der Waals surface area contributed by atoms with E-state index in [9.17, 15) is 26.4 Å². The number of aryl methyl sites for hydroxylation is 1. The van der Waals surface area contributed by atoms with Gasteiger partial charge in [-0.1, -0.05) is 18.2 Å². The van der Waals surface area contributed by atoms with Gasteiger partial charge in [0.05, 0.1) is 17.6 Å². The van der Waals surface area contributed by atoms with Crippen molar-refractivity contribution in [2.75, 3.05) is 18.0 Å². The Balaban J connectivity index is 2.04. The van der Waals surface area contributed by atoms with Gasteiger partial charge >= 0.3 is 12.1 Å². The van der Waals surface area contributed by atoms with Crippen LogP contribution in [0.1, 0.15) is 28.8 Å². The SMILES string of the molecule is COC(=O)c1ccc(S(=O)(=O)N(CCCC(F)(F)F)c2sc3ccccc3c2C)cc1. The first kappa shape index (κ1) is 23.1. The van der Waals surface area contributed by atoms with Crippen LogP contribution in [0.3, 0.4) is 0 Å². The van der Waals surface area contributed by atoms with E-state index in [0.717, 1.165) is 14.4 Å². The fraction of sp³-hybridized carbons (Fsp3) is 0.286. The van der Waals surface area contributed by atoms with Crippen LogP contribution in [0, 0.1) is 6.92 Å². The van der Waals surface area contributed by atoms with Crippen LogP contribution in [0.2, 0.25) is 0 Å². The molecule has 0 saturated carbocycles. The summed E-state index contributed by atoms with van der Waals surface area (Å²) in [5.41, 5.74) is 0.852. The summed E-state index contributed by atoms with van der Waals surface area (Å²) in [5, 5.41) is 1.22. The Kier molecular flexibility index (Phi) is 6.61. The van der Waals surface area contributed by atoms with Crippen LogP contribution in [0.4, 0.5) is 18.2 Å². The summed E-state index contributed by atoms with van der Waals surface area (Å²) in [6, 6.07) is 12.4. The molecule has 1 heterocycles. The Morgan fingerprint density at radius 1 is 1.10 bits per heavy atom. The number of halogens is 3. The summed E-state index contributed by atoms with van der Waals surface area (Å²) in [6.45, 7) is 1.43. The molecule has 31 heavy (non-hydrogen) atoms. The summed E-state index contributed by atoms with van der Waals surface area (Å²) < 4.78 is 71.4. The topological polar surface area (TPSA) is 63.7 Å². The smallest absolute Gasteiger partial charge is 0.389 e. The monoisotopic (exact) mass is 471 g/mol. The molecule has 0 bridgehead atoms. The molecule has 0 aliphatic heterocycles. The minimum Gasteiger partial charge on any atom is -0.465 e. The van der Waals surface area contributed by atoms with Crippen molar-refractivity contribution in [3.8, 4) is 0 Å². The third-order valence-electron chi connectivity index (χ3n) is 4.73. The lowest BCUT2D eigenvalue weighted by molar-refractivity contribution is -0.134. The molecular weight excluding hydrogens is 451 g/mol. The first-order valence-corrected chi connectivity index (χ1v) is 11.6. The van der Waals surface area contributed by atoms with E-state index in [2.05, 4.69) is 4.74 Å². The summed E-state index contributed by atoms with van der Waals surface area (Å²) in [6.07, 6.45) is -5.85. The Hall–Kier alpha value is -2.59. The van der Waals surface area contributed by atoms with Crippen LogP contribution in [0.25, 0.3) is 10.1 Å². The summed E-state index contributed by atoms with van der Waals surface area (Å²) in [4.78, 5) is 11.5. The standard InChI is InChI=1S/C21H20F3NO4S2/c1-14-17-6-3-4-7-18(17)30-19(14)25(13-5-12-21(22,23)24)31(27,28)16-10-8-15(9-11-16)20(26)29-2/h3-4,6-11H,5,12-13H2,1-2H3. The molecule has 3 rings (SSSR count). The first-order valence-electron chi connectivity index (χ1n) is 9.30. The average Bonchev–Trinajstić information content (AvgIpc) is 3.06. The fourth-order valence-electron chi connectivity index (χ4n) is 3.16. The average molecular weight is 472 g/mol. The number of alkyl halides is 3. The van der Waals surface area contributed by atoms with E-state index in [1.165, 1.54) is 42.7 Å². The Bertz CT molecular complexity index is 1190. The van der Waals surface area contributed by atoms with Crippen LogP contribution >= 0.6 is 11.3 Å². The van der Waals surface area contributed by atoms with Gasteiger partial charge in [-0.25, -0.2) is 13.2 Å². The molecule has 166 valence electrons. The normalized spacial score (nSPS) is 12.2. The third kappa shape index (κ3) is 5.01. The molecule has 0 spiro atoms. The van der Waals surface area contributed by atoms with E-state index >= 15 is 0 Å². The van der Waals surface area contributed by atoms with Gasteiger partial charge in [0, 0.05) is 17.7 Å². The highest BCUT2D eigenvalue weighted by molar-refractivity contribution is 7.93. The van der Waals surface area contributed by atoms with Gasteiger partial charge in [-0.3, -0.25) is 4.31 Å². The second kappa shape index (κ2) is 8.88. The predicted molar refractivity (Wildman–Crippen MR) is 114 cm³/mol. The summed E-state index contributed by atoms with van der Waals surface area (Å²) in [5.74, 6) is -0.619. The lowest BCUT2D eigenvalue weighted by atomic mass is 10.2. The minimum atomic E-state index is -4.38. The Morgan fingerprint density at radius 2 is 1.74 bits per heavy atom. The van der Waals surface area contributed by atoms with E-state index in [1.54, 1.807) is 6.92 Å². The molecule has 0 amide bonds. The maximum Gasteiger partial charge on any atom is 0.389 e. The number of nitrogens with zero attached hydrogens (tertiary/aromatic N) is 1. The molecule has 0 aliphatic carbocycles.